The molecule has 0 aliphatic carbocycles. The van der Waals surface area contributed by atoms with Crippen molar-refractivity contribution in [1.29, 1.82) is 0 Å². The SMILES string of the molecule is Cn1cccc1-c1noc(C2CCN(Cc3nc(-c4ccsc4)no3)CC2)n1. The van der Waals surface area contributed by atoms with Gasteiger partial charge in [-0.15, -0.1) is 0 Å². The zero-order valence-electron chi connectivity index (χ0n) is 15.5. The summed E-state index contributed by atoms with van der Waals surface area (Å²) in [5.74, 6) is 2.99. The summed E-state index contributed by atoms with van der Waals surface area (Å²) in [5, 5.41) is 12.3. The Bertz CT molecular complexity index is 1040. The van der Waals surface area contributed by atoms with Crippen LogP contribution in [0.5, 0.6) is 0 Å². The Morgan fingerprint density at radius 3 is 2.71 bits per heavy atom. The van der Waals surface area contributed by atoms with Gasteiger partial charge in [0.15, 0.2) is 0 Å². The van der Waals surface area contributed by atoms with E-state index in [1.165, 1.54) is 0 Å². The van der Waals surface area contributed by atoms with Crippen LogP contribution in [0.25, 0.3) is 22.9 Å². The summed E-state index contributed by atoms with van der Waals surface area (Å²) in [4.78, 5) is 11.5. The van der Waals surface area contributed by atoms with Crippen LogP contribution in [0.3, 0.4) is 0 Å². The molecule has 0 radical (unpaired) electrons. The first-order valence-corrected chi connectivity index (χ1v) is 10.2. The number of thiophene rings is 1. The second-order valence-electron chi connectivity index (χ2n) is 7.03. The van der Waals surface area contributed by atoms with E-state index in [4.69, 9.17) is 9.05 Å². The summed E-state index contributed by atoms with van der Waals surface area (Å²) in [5.41, 5.74) is 1.97. The van der Waals surface area contributed by atoms with Gasteiger partial charge in [0.05, 0.1) is 12.2 Å². The van der Waals surface area contributed by atoms with E-state index in [0.717, 1.165) is 43.1 Å². The van der Waals surface area contributed by atoms with Crippen LogP contribution in [-0.2, 0) is 13.6 Å². The van der Waals surface area contributed by atoms with Crippen molar-refractivity contribution in [3.05, 3.63) is 46.9 Å². The molecule has 28 heavy (non-hydrogen) atoms. The maximum Gasteiger partial charge on any atom is 0.241 e. The molecule has 5 heterocycles. The number of hydrogen-bond donors (Lipinski definition) is 0. The molecule has 0 spiro atoms. The molecule has 0 amide bonds. The van der Waals surface area contributed by atoms with Crippen molar-refractivity contribution >= 4 is 11.3 Å². The molecule has 1 fully saturated rings. The lowest BCUT2D eigenvalue weighted by molar-refractivity contribution is 0.168. The third kappa shape index (κ3) is 3.38. The van der Waals surface area contributed by atoms with Crippen LogP contribution < -0.4 is 0 Å². The molecule has 0 N–H and O–H groups in total. The van der Waals surface area contributed by atoms with Gasteiger partial charge in [-0.25, -0.2) is 0 Å². The second-order valence-corrected chi connectivity index (χ2v) is 7.81. The number of hydrogen-bond acceptors (Lipinski definition) is 8. The number of rotatable bonds is 5. The van der Waals surface area contributed by atoms with Gasteiger partial charge < -0.3 is 13.6 Å². The van der Waals surface area contributed by atoms with E-state index in [-0.39, 0.29) is 0 Å². The molecule has 0 unspecified atom stereocenters. The Morgan fingerprint density at radius 2 is 1.96 bits per heavy atom. The number of likely N-dealkylation sites (tertiary alicyclic amines) is 1. The Kier molecular flexibility index (Phi) is 4.53. The molecule has 0 saturated carbocycles. The predicted molar refractivity (Wildman–Crippen MR) is 104 cm³/mol. The molecule has 144 valence electrons. The van der Waals surface area contributed by atoms with Gasteiger partial charge in [-0.3, -0.25) is 4.90 Å². The minimum atomic E-state index is 0.293. The first-order chi connectivity index (χ1) is 13.8. The molecule has 1 aliphatic rings. The monoisotopic (exact) mass is 396 g/mol. The fourth-order valence-electron chi connectivity index (χ4n) is 3.56. The maximum absolute atomic E-state index is 5.55. The van der Waals surface area contributed by atoms with Crippen LogP contribution in [0.15, 0.2) is 44.2 Å². The molecule has 0 atom stereocenters. The topological polar surface area (TPSA) is 86.0 Å². The third-order valence-corrected chi connectivity index (χ3v) is 5.84. The number of nitrogens with zero attached hydrogens (tertiary/aromatic N) is 6. The molecule has 1 saturated heterocycles. The Balaban J connectivity index is 1.19. The molecule has 8 nitrogen and oxygen atoms in total. The summed E-state index contributed by atoms with van der Waals surface area (Å²) in [6, 6.07) is 5.97. The van der Waals surface area contributed by atoms with Gasteiger partial charge in [0.2, 0.25) is 23.4 Å². The Labute approximate surface area is 165 Å². The quantitative estimate of drug-likeness (QED) is 0.510. The highest BCUT2D eigenvalue weighted by Crippen LogP contribution is 2.29. The maximum atomic E-state index is 5.55. The fraction of sp³-hybridized carbons (Fsp3) is 0.368. The third-order valence-electron chi connectivity index (χ3n) is 5.16. The lowest BCUT2D eigenvalue weighted by atomic mass is 9.97. The Morgan fingerprint density at radius 1 is 1.11 bits per heavy atom. The van der Waals surface area contributed by atoms with Crippen LogP contribution in [0.1, 0.15) is 30.5 Å². The van der Waals surface area contributed by atoms with Crippen molar-refractivity contribution in [2.24, 2.45) is 7.05 Å². The van der Waals surface area contributed by atoms with Gasteiger partial charge in [-0.05, 0) is 49.5 Å². The first-order valence-electron chi connectivity index (χ1n) is 9.29. The van der Waals surface area contributed by atoms with E-state index in [9.17, 15) is 0 Å². The lowest BCUT2D eigenvalue weighted by Gasteiger charge is -2.28. The van der Waals surface area contributed by atoms with E-state index in [2.05, 4.69) is 25.2 Å². The fourth-order valence-corrected chi connectivity index (χ4v) is 4.19. The molecule has 1 aliphatic heterocycles. The zero-order valence-corrected chi connectivity index (χ0v) is 16.3. The molecule has 0 bridgehead atoms. The summed E-state index contributed by atoms with van der Waals surface area (Å²) < 4.78 is 13.0. The summed E-state index contributed by atoms with van der Waals surface area (Å²) >= 11 is 1.63. The largest absolute Gasteiger partial charge is 0.348 e. The normalized spacial score (nSPS) is 16.0. The number of aromatic nitrogens is 5. The molecule has 5 rings (SSSR count). The number of piperidine rings is 1. The average Bonchev–Trinajstić information content (AvgIpc) is 3.49. The van der Waals surface area contributed by atoms with Gasteiger partial charge in [-0.1, -0.05) is 10.3 Å². The highest BCUT2D eigenvalue weighted by atomic mass is 32.1. The van der Waals surface area contributed by atoms with Crippen molar-refractivity contribution in [3.8, 4) is 22.9 Å². The van der Waals surface area contributed by atoms with Crippen LogP contribution >= 0.6 is 11.3 Å². The molecular weight excluding hydrogens is 376 g/mol. The lowest BCUT2D eigenvalue weighted by Crippen LogP contribution is -2.32. The van der Waals surface area contributed by atoms with Crippen molar-refractivity contribution in [3.63, 3.8) is 0 Å². The average molecular weight is 396 g/mol. The van der Waals surface area contributed by atoms with Crippen molar-refractivity contribution < 1.29 is 9.05 Å². The van der Waals surface area contributed by atoms with Gasteiger partial charge in [0.1, 0.15) is 0 Å². The molecule has 4 aromatic heterocycles. The van der Waals surface area contributed by atoms with E-state index < -0.39 is 0 Å². The highest BCUT2D eigenvalue weighted by Gasteiger charge is 2.26. The minimum absolute atomic E-state index is 0.293. The predicted octanol–water partition coefficient (Wildman–Crippen LogP) is 3.57. The van der Waals surface area contributed by atoms with Gasteiger partial charge >= 0.3 is 0 Å². The highest BCUT2D eigenvalue weighted by molar-refractivity contribution is 7.08. The van der Waals surface area contributed by atoms with Crippen LogP contribution in [-0.4, -0.2) is 42.8 Å². The van der Waals surface area contributed by atoms with E-state index in [0.29, 0.717) is 30.0 Å². The summed E-state index contributed by atoms with van der Waals surface area (Å²) in [7, 11) is 1.98. The smallest absolute Gasteiger partial charge is 0.241 e. The summed E-state index contributed by atoms with van der Waals surface area (Å²) in [6.07, 6.45) is 3.92. The first kappa shape index (κ1) is 17.3. The molecule has 0 aromatic carbocycles. The number of aryl methyl sites for hydroxylation is 1. The minimum Gasteiger partial charge on any atom is -0.348 e. The van der Waals surface area contributed by atoms with Gasteiger partial charge in [0, 0.05) is 30.1 Å². The second kappa shape index (κ2) is 7.33. The van der Waals surface area contributed by atoms with Crippen molar-refractivity contribution in [1.82, 2.24) is 29.7 Å². The van der Waals surface area contributed by atoms with E-state index in [1.807, 2.05) is 46.8 Å². The van der Waals surface area contributed by atoms with Crippen LogP contribution in [0, 0.1) is 0 Å². The Hall–Kier alpha value is -2.78. The summed E-state index contributed by atoms with van der Waals surface area (Å²) in [6.45, 7) is 2.54. The van der Waals surface area contributed by atoms with Crippen LogP contribution in [0.2, 0.25) is 0 Å². The van der Waals surface area contributed by atoms with Crippen molar-refractivity contribution in [2.75, 3.05) is 13.1 Å². The molecule has 9 heteroatoms. The van der Waals surface area contributed by atoms with Crippen molar-refractivity contribution in [2.45, 2.75) is 25.3 Å². The van der Waals surface area contributed by atoms with E-state index in [1.54, 1.807) is 11.3 Å². The van der Waals surface area contributed by atoms with E-state index >= 15 is 0 Å². The van der Waals surface area contributed by atoms with Crippen LogP contribution in [0.4, 0.5) is 0 Å². The van der Waals surface area contributed by atoms with Gasteiger partial charge in [0.25, 0.3) is 0 Å². The molecular formula is C19H20N6O2S. The molecule has 4 aromatic rings. The zero-order chi connectivity index (χ0) is 18.9. The standard InChI is InChI=1S/C19H20N6O2S/c1-24-7-2-3-15(24)18-21-19(27-23-18)13-4-8-25(9-5-13)11-16-20-17(22-26-16)14-6-10-28-12-14/h2-3,6-7,10,12-13H,4-5,8-9,11H2,1H3. The van der Waals surface area contributed by atoms with Gasteiger partial charge in [-0.2, -0.15) is 21.3 Å².